The van der Waals surface area contributed by atoms with Crippen LogP contribution in [0.1, 0.15) is 11.1 Å². The molecule has 7 nitrogen and oxygen atoms in total. The maximum atomic E-state index is 12.4. The van der Waals surface area contributed by atoms with E-state index in [9.17, 15) is 4.79 Å². The third-order valence-electron chi connectivity index (χ3n) is 5.15. The average Bonchev–Trinajstić information content (AvgIpc) is 3.27. The Balaban J connectivity index is 1.21. The number of nitrogens with zero attached hydrogens (tertiary/aromatic N) is 1. The topological polar surface area (TPSA) is 88.3 Å². The lowest BCUT2D eigenvalue weighted by Crippen LogP contribution is -2.24. The second-order valence-electron chi connectivity index (χ2n) is 7.40. The number of para-hydroxylation sites is 1. The SMILES string of the molecule is O=C(Cc1ccc(Nc2nc(=S)[nH]c3ccccc23)cc1)NCc1ccc2c(c1)OCO2. The summed E-state index contributed by atoms with van der Waals surface area (Å²) < 4.78 is 11.1. The first-order valence-electron chi connectivity index (χ1n) is 10.1. The van der Waals surface area contributed by atoms with Crippen molar-refractivity contribution in [2.45, 2.75) is 13.0 Å². The van der Waals surface area contributed by atoms with E-state index in [0.29, 0.717) is 29.3 Å². The van der Waals surface area contributed by atoms with Crippen molar-refractivity contribution in [2.75, 3.05) is 12.1 Å². The number of aromatic amines is 1. The number of carbonyl (C=O) groups is 1. The van der Waals surface area contributed by atoms with Crippen LogP contribution in [0.15, 0.2) is 66.7 Å². The molecule has 0 atom stereocenters. The minimum atomic E-state index is -0.0506. The number of H-pyrrole nitrogens is 1. The summed E-state index contributed by atoms with van der Waals surface area (Å²) in [4.78, 5) is 19.9. The number of ether oxygens (including phenoxy) is 2. The number of amides is 1. The molecule has 3 aromatic carbocycles. The van der Waals surface area contributed by atoms with Crippen molar-refractivity contribution in [3.8, 4) is 11.5 Å². The lowest BCUT2D eigenvalue weighted by Gasteiger charge is -2.10. The van der Waals surface area contributed by atoms with Gasteiger partial charge in [0.05, 0.1) is 11.9 Å². The maximum Gasteiger partial charge on any atom is 0.231 e. The molecule has 0 aliphatic carbocycles. The molecule has 1 aromatic heterocycles. The van der Waals surface area contributed by atoms with Crippen molar-refractivity contribution in [3.05, 3.63) is 82.6 Å². The van der Waals surface area contributed by atoms with E-state index in [1.165, 1.54) is 0 Å². The van der Waals surface area contributed by atoms with Gasteiger partial charge in [-0.15, -0.1) is 0 Å². The van der Waals surface area contributed by atoms with Gasteiger partial charge < -0.3 is 25.1 Å². The van der Waals surface area contributed by atoms with Gasteiger partial charge in [0.15, 0.2) is 16.3 Å². The second-order valence-corrected chi connectivity index (χ2v) is 7.79. The van der Waals surface area contributed by atoms with Crippen molar-refractivity contribution in [3.63, 3.8) is 0 Å². The van der Waals surface area contributed by atoms with Gasteiger partial charge in [0.2, 0.25) is 12.7 Å². The van der Waals surface area contributed by atoms with Crippen LogP contribution in [-0.2, 0) is 17.8 Å². The van der Waals surface area contributed by atoms with Gasteiger partial charge in [-0.3, -0.25) is 4.79 Å². The van der Waals surface area contributed by atoms with Crippen LogP contribution in [0, 0.1) is 4.77 Å². The van der Waals surface area contributed by atoms with E-state index < -0.39 is 0 Å². The van der Waals surface area contributed by atoms with E-state index in [0.717, 1.165) is 33.5 Å². The molecular weight excluding hydrogens is 424 g/mol. The highest BCUT2D eigenvalue weighted by molar-refractivity contribution is 7.71. The smallest absolute Gasteiger partial charge is 0.231 e. The first-order valence-corrected chi connectivity index (χ1v) is 10.6. The number of hydrogen-bond acceptors (Lipinski definition) is 6. The molecule has 8 heteroatoms. The van der Waals surface area contributed by atoms with Gasteiger partial charge in [0, 0.05) is 17.6 Å². The quantitative estimate of drug-likeness (QED) is 0.376. The third kappa shape index (κ3) is 4.40. The van der Waals surface area contributed by atoms with Crippen LogP contribution in [0.5, 0.6) is 11.5 Å². The zero-order valence-electron chi connectivity index (χ0n) is 17.1. The first-order chi connectivity index (χ1) is 15.6. The highest BCUT2D eigenvalue weighted by atomic mass is 32.1. The summed E-state index contributed by atoms with van der Waals surface area (Å²) in [5.41, 5.74) is 3.67. The fraction of sp³-hybridized carbons (Fsp3) is 0.125. The van der Waals surface area contributed by atoms with Crippen LogP contribution >= 0.6 is 12.2 Å². The summed E-state index contributed by atoms with van der Waals surface area (Å²) >= 11 is 5.23. The number of nitrogens with one attached hydrogen (secondary N) is 3. The minimum Gasteiger partial charge on any atom is -0.454 e. The Bertz CT molecular complexity index is 1350. The van der Waals surface area contributed by atoms with Crippen molar-refractivity contribution < 1.29 is 14.3 Å². The zero-order valence-corrected chi connectivity index (χ0v) is 17.9. The molecule has 2 heterocycles. The Morgan fingerprint density at radius 1 is 1.00 bits per heavy atom. The monoisotopic (exact) mass is 444 g/mol. The second kappa shape index (κ2) is 8.68. The van der Waals surface area contributed by atoms with E-state index in [2.05, 4.69) is 20.6 Å². The summed E-state index contributed by atoms with van der Waals surface area (Å²) in [6.07, 6.45) is 0.294. The van der Waals surface area contributed by atoms with E-state index >= 15 is 0 Å². The Morgan fingerprint density at radius 2 is 1.78 bits per heavy atom. The van der Waals surface area contributed by atoms with Crippen molar-refractivity contribution in [1.82, 2.24) is 15.3 Å². The summed E-state index contributed by atoms with van der Waals surface area (Å²) in [5, 5.41) is 7.21. The Hall–Kier alpha value is -3.91. The largest absolute Gasteiger partial charge is 0.454 e. The average molecular weight is 445 g/mol. The number of hydrogen-bond donors (Lipinski definition) is 3. The van der Waals surface area contributed by atoms with Gasteiger partial charge in [-0.2, -0.15) is 0 Å². The minimum absolute atomic E-state index is 0.0506. The van der Waals surface area contributed by atoms with Gasteiger partial charge in [-0.05, 0) is 59.7 Å². The fourth-order valence-corrected chi connectivity index (χ4v) is 3.74. The molecule has 0 saturated heterocycles. The summed E-state index contributed by atoms with van der Waals surface area (Å²) in [7, 11) is 0. The van der Waals surface area contributed by atoms with Gasteiger partial charge in [-0.25, -0.2) is 4.98 Å². The van der Waals surface area contributed by atoms with Gasteiger partial charge in [-0.1, -0.05) is 30.3 Å². The summed E-state index contributed by atoms with van der Waals surface area (Å²) in [5.74, 6) is 2.08. The maximum absolute atomic E-state index is 12.4. The van der Waals surface area contributed by atoms with Crippen molar-refractivity contribution in [1.29, 1.82) is 0 Å². The Labute approximate surface area is 189 Å². The van der Waals surface area contributed by atoms with Crippen LogP contribution in [-0.4, -0.2) is 22.7 Å². The predicted molar refractivity (Wildman–Crippen MR) is 125 cm³/mol. The van der Waals surface area contributed by atoms with Crippen LogP contribution < -0.4 is 20.1 Å². The molecule has 1 amide bonds. The molecule has 5 rings (SSSR count). The van der Waals surface area contributed by atoms with Gasteiger partial charge in [0.1, 0.15) is 5.82 Å². The highest BCUT2D eigenvalue weighted by Crippen LogP contribution is 2.32. The van der Waals surface area contributed by atoms with Crippen molar-refractivity contribution >= 4 is 40.5 Å². The number of fused-ring (bicyclic) bond motifs is 2. The number of benzene rings is 3. The molecule has 160 valence electrons. The molecule has 0 unspecified atom stereocenters. The third-order valence-corrected chi connectivity index (χ3v) is 5.34. The summed E-state index contributed by atoms with van der Waals surface area (Å²) in [6.45, 7) is 0.668. The molecule has 1 aliphatic heterocycles. The normalized spacial score (nSPS) is 12.0. The number of carbonyl (C=O) groups excluding carboxylic acids is 1. The van der Waals surface area contributed by atoms with Gasteiger partial charge in [0.25, 0.3) is 0 Å². The van der Waals surface area contributed by atoms with E-state index in [4.69, 9.17) is 21.7 Å². The molecule has 0 spiro atoms. The molecule has 0 bridgehead atoms. The van der Waals surface area contributed by atoms with Gasteiger partial charge >= 0.3 is 0 Å². The van der Waals surface area contributed by atoms with E-state index in [1.807, 2.05) is 66.7 Å². The van der Waals surface area contributed by atoms with Crippen molar-refractivity contribution in [2.24, 2.45) is 0 Å². The fourth-order valence-electron chi connectivity index (χ4n) is 3.54. The molecule has 0 fully saturated rings. The molecule has 0 radical (unpaired) electrons. The first kappa shape index (κ1) is 20.0. The number of aromatic nitrogens is 2. The zero-order chi connectivity index (χ0) is 21.9. The number of rotatable bonds is 6. The van der Waals surface area contributed by atoms with Crippen LogP contribution in [0.25, 0.3) is 10.9 Å². The molecule has 4 aromatic rings. The standard InChI is InChI=1S/C24H20N4O3S/c29-22(25-13-16-7-10-20-21(11-16)31-14-30-20)12-15-5-8-17(9-6-15)26-23-18-3-1-2-4-19(18)27-24(32)28-23/h1-11H,12-14H2,(H,25,29)(H2,26,27,28,32). The van der Waals surface area contributed by atoms with E-state index in [1.54, 1.807) is 0 Å². The van der Waals surface area contributed by atoms with Crippen LogP contribution in [0.3, 0.4) is 0 Å². The summed E-state index contributed by atoms with van der Waals surface area (Å²) in [6, 6.07) is 21.2. The Kier molecular flexibility index (Phi) is 5.43. The number of anilines is 2. The van der Waals surface area contributed by atoms with Crippen LogP contribution in [0.4, 0.5) is 11.5 Å². The molecule has 3 N–H and O–H groups in total. The predicted octanol–water partition coefficient (Wildman–Crippen LogP) is 4.62. The lowest BCUT2D eigenvalue weighted by atomic mass is 10.1. The molecular formula is C24H20N4O3S. The van der Waals surface area contributed by atoms with E-state index in [-0.39, 0.29) is 12.7 Å². The Morgan fingerprint density at radius 3 is 2.66 bits per heavy atom. The highest BCUT2D eigenvalue weighted by Gasteiger charge is 2.13. The lowest BCUT2D eigenvalue weighted by molar-refractivity contribution is -0.120. The molecule has 0 saturated carbocycles. The molecule has 32 heavy (non-hydrogen) atoms. The van der Waals surface area contributed by atoms with Crippen LogP contribution in [0.2, 0.25) is 0 Å². The molecule has 1 aliphatic rings.